The van der Waals surface area contributed by atoms with Crippen LogP contribution in [0.25, 0.3) is 0 Å². The Morgan fingerprint density at radius 2 is 1.90 bits per heavy atom. The Morgan fingerprint density at radius 1 is 1.20 bits per heavy atom. The Labute approximate surface area is 121 Å². The van der Waals surface area contributed by atoms with Crippen LogP contribution in [0.3, 0.4) is 0 Å². The van der Waals surface area contributed by atoms with Gasteiger partial charge in [-0.3, -0.25) is 4.79 Å². The van der Waals surface area contributed by atoms with E-state index < -0.39 is 0 Å². The highest BCUT2D eigenvalue weighted by atomic mass is 16.2. The molecule has 2 rings (SSSR count). The molecule has 0 aliphatic carbocycles. The maximum Gasteiger partial charge on any atom is 0.225 e. The first-order chi connectivity index (χ1) is 9.30. The van der Waals surface area contributed by atoms with E-state index in [1.165, 1.54) is 5.69 Å². The highest BCUT2D eigenvalue weighted by molar-refractivity contribution is 5.78. The Kier molecular flexibility index (Phi) is 4.16. The molecule has 0 N–H and O–H groups in total. The summed E-state index contributed by atoms with van der Waals surface area (Å²) in [6, 6.07) is 0. The summed E-state index contributed by atoms with van der Waals surface area (Å²) in [5.41, 5.74) is 2.27. The second-order valence-electron chi connectivity index (χ2n) is 6.90. The zero-order chi connectivity index (χ0) is 14.9. The van der Waals surface area contributed by atoms with E-state index in [0.717, 1.165) is 38.0 Å². The smallest absolute Gasteiger partial charge is 0.225 e. The Balaban J connectivity index is 2.18. The molecule has 0 radical (unpaired) electrons. The molecule has 0 spiro atoms. The lowest BCUT2D eigenvalue weighted by Gasteiger charge is -2.27. The summed E-state index contributed by atoms with van der Waals surface area (Å²) in [4.78, 5) is 14.1. The van der Waals surface area contributed by atoms with Crippen LogP contribution in [0.1, 0.15) is 52.4 Å². The van der Waals surface area contributed by atoms with E-state index in [-0.39, 0.29) is 17.4 Å². The number of carbonyl (C=O) groups is 1. The first-order valence-corrected chi connectivity index (χ1v) is 7.53. The molecule has 0 saturated heterocycles. The van der Waals surface area contributed by atoms with E-state index in [0.29, 0.717) is 0 Å². The third kappa shape index (κ3) is 3.02. The van der Waals surface area contributed by atoms with E-state index in [1.54, 1.807) is 0 Å². The Bertz CT molecular complexity index is 485. The maximum atomic E-state index is 12.1. The van der Waals surface area contributed by atoms with Crippen molar-refractivity contribution in [2.75, 3.05) is 13.1 Å². The van der Waals surface area contributed by atoms with Gasteiger partial charge in [-0.25, -0.2) is 4.68 Å². The van der Waals surface area contributed by atoms with Gasteiger partial charge in [-0.05, 0) is 33.6 Å². The van der Waals surface area contributed by atoms with E-state index in [4.69, 9.17) is 0 Å². The molecule has 5 heteroatoms. The molecule has 2 heterocycles. The molecule has 0 bridgehead atoms. The van der Waals surface area contributed by atoms with Gasteiger partial charge in [0.2, 0.25) is 5.91 Å². The largest absolute Gasteiger partial charge is 0.342 e. The van der Waals surface area contributed by atoms with Crippen molar-refractivity contribution in [3.8, 4) is 0 Å². The molecule has 1 aromatic heterocycles. The quantitative estimate of drug-likeness (QED) is 0.789. The fourth-order valence-electron chi connectivity index (χ4n) is 2.69. The highest BCUT2D eigenvalue weighted by Crippen LogP contribution is 2.21. The minimum Gasteiger partial charge on any atom is -0.342 e. The third-order valence-electron chi connectivity index (χ3n) is 3.74. The Hall–Kier alpha value is -1.39. The molecule has 20 heavy (non-hydrogen) atoms. The molecule has 1 aliphatic rings. The summed E-state index contributed by atoms with van der Waals surface area (Å²) >= 11 is 0. The van der Waals surface area contributed by atoms with Crippen LogP contribution < -0.4 is 0 Å². The highest BCUT2D eigenvalue weighted by Gasteiger charge is 2.25. The predicted octanol–water partition coefficient (Wildman–Crippen LogP) is 2.01. The third-order valence-corrected chi connectivity index (χ3v) is 3.74. The van der Waals surface area contributed by atoms with Crippen LogP contribution in [0, 0.1) is 5.92 Å². The predicted molar refractivity (Wildman–Crippen MR) is 78.5 cm³/mol. The zero-order valence-corrected chi connectivity index (χ0v) is 13.3. The van der Waals surface area contributed by atoms with E-state index in [1.807, 2.05) is 23.4 Å². The first-order valence-electron chi connectivity index (χ1n) is 7.53. The second kappa shape index (κ2) is 5.54. The van der Waals surface area contributed by atoms with Gasteiger partial charge in [-0.1, -0.05) is 19.1 Å². The molecular weight excluding hydrogens is 252 g/mol. The van der Waals surface area contributed by atoms with Gasteiger partial charge in [-0.2, -0.15) is 0 Å². The molecule has 0 atom stereocenters. The Morgan fingerprint density at radius 3 is 2.50 bits per heavy atom. The number of carbonyl (C=O) groups excluding carboxylic acids is 1. The zero-order valence-electron chi connectivity index (χ0n) is 13.3. The van der Waals surface area contributed by atoms with E-state index in [9.17, 15) is 4.79 Å². The molecular formula is C15H26N4O. The molecule has 0 fully saturated rings. The number of hydrogen-bond acceptors (Lipinski definition) is 3. The summed E-state index contributed by atoms with van der Waals surface area (Å²) < 4.78 is 2.04. The van der Waals surface area contributed by atoms with Gasteiger partial charge < -0.3 is 4.90 Å². The fourth-order valence-corrected chi connectivity index (χ4v) is 2.69. The van der Waals surface area contributed by atoms with Gasteiger partial charge in [0.15, 0.2) is 0 Å². The van der Waals surface area contributed by atoms with Crippen molar-refractivity contribution in [3.05, 3.63) is 11.4 Å². The fraction of sp³-hybridized carbons (Fsp3) is 0.800. The van der Waals surface area contributed by atoms with Gasteiger partial charge in [-0.15, -0.1) is 5.10 Å². The van der Waals surface area contributed by atoms with Crippen molar-refractivity contribution in [2.45, 2.75) is 59.4 Å². The number of nitrogens with zero attached hydrogens (tertiary/aromatic N) is 4. The molecule has 5 nitrogen and oxygen atoms in total. The van der Waals surface area contributed by atoms with Crippen LogP contribution in [-0.2, 0) is 23.2 Å². The van der Waals surface area contributed by atoms with Gasteiger partial charge in [0.1, 0.15) is 0 Å². The van der Waals surface area contributed by atoms with Crippen molar-refractivity contribution in [1.82, 2.24) is 19.9 Å². The number of amides is 1. The van der Waals surface area contributed by atoms with E-state index in [2.05, 4.69) is 31.1 Å². The summed E-state index contributed by atoms with van der Waals surface area (Å²) in [7, 11) is 0. The lowest BCUT2D eigenvalue weighted by molar-refractivity contribution is -0.134. The van der Waals surface area contributed by atoms with Crippen LogP contribution in [-0.4, -0.2) is 38.9 Å². The topological polar surface area (TPSA) is 51.0 Å². The molecule has 1 amide bonds. The SMILES string of the molecule is CC(C)C(=O)N1CCCc2c(nnn2C(C)(C)C)CC1. The lowest BCUT2D eigenvalue weighted by Crippen LogP contribution is -2.38. The maximum absolute atomic E-state index is 12.1. The standard InChI is InChI=1S/C15H26N4O/c1-11(2)14(20)18-9-6-7-13-12(8-10-18)16-17-19(13)15(3,4)5/h11H,6-10H2,1-5H3. The molecule has 0 aromatic carbocycles. The second-order valence-corrected chi connectivity index (χ2v) is 6.90. The molecule has 1 aromatic rings. The van der Waals surface area contributed by atoms with E-state index >= 15 is 0 Å². The number of hydrogen-bond donors (Lipinski definition) is 0. The van der Waals surface area contributed by atoms with Crippen molar-refractivity contribution in [1.29, 1.82) is 0 Å². The summed E-state index contributed by atoms with van der Waals surface area (Å²) in [6.45, 7) is 12.0. The van der Waals surface area contributed by atoms with Crippen molar-refractivity contribution in [3.63, 3.8) is 0 Å². The molecule has 0 saturated carbocycles. The normalized spacial score (nSPS) is 16.8. The average molecular weight is 278 g/mol. The summed E-state index contributed by atoms with van der Waals surface area (Å²) in [5.74, 6) is 0.316. The van der Waals surface area contributed by atoms with Crippen LogP contribution in [0.4, 0.5) is 0 Å². The molecule has 1 aliphatic heterocycles. The lowest BCUT2D eigenvalue weighted by atomic mass is 10.0. The van der Waals surface area contributed by atoms with Crippen molar-refractivity contribution < 1.29 is 4.79 Å². The van der Waals surface area contributed by atoms with Crippen LogP contribution in [0.2, 0.25) is 0 Å². The van der Waals surface area contributed by atoms with Gasteiger partial charge >= 0.3 is 0 Å². The molecule has 112 valence electrons. The monoisotopic (exact) mass is 278 g/mol. The number of rotatable bonds is 1. The van der Waals surface area contributed by atoms with Crippen molar-refractivity contribution >= 4 is 5.91 Å². The van der Waals surface area contributed by atoms with Crippen LogP contribution in [0.5, 0.6) is 0 Å². The summed E-state index contributed by atoms with van der Waals surface area (Å²) in [5, 5.41) is 8.66. The minimum atomic E-state index is -0.0345. The van der Waals surface area contributed by atoms with Gasteiger partial charge in [0.25, 0.3) is 0 Å². The van der Waals surface area contributed by atoms with Crippen molar-refractivity contribution in [2.24, 2.45) is 5.92 Å². The number of aromatic nitrogens is 3. The number of fused-ring (bicyclic) bond motifs is 1. The first kappa shape index (κ1) is 15.0. The average Bonchev–Trinajstić information content (AvgIpc) is 2.70. The van der Waals surface area contributed by atoms with Gasteiger partial charge in [0, 0.05) is 25.4 Å². The summed E-state index contributed by atoms with van der Waals surface area (Å²) in [6.07, 6.45) is 2.74. The minimum absolute atomic E-state index is 0.0345. The van der Waals surface area contributed by atoms with Crippen LogP contribution >= 0.6 is 0 Å². The molecule has 0 unspecified atom stereocenters. The van der Waals surface area contributed by atoms with Gasteiger partial charge in [0.05, 0.1) is 16.9 Å². The van der Waals surface area contributed by atoms with Crippen LogP contribution in [0.15, 0.2) is 0 Å².